The number of para-hydroxylation sites is 1. The molecule has 0 aliphatic heterocycles. The standard InChI is InChI=1S/C26H38O4.C3H4O2/c1-3-26(28-4-2)30-25-20-15-19-24(27)23(25)18-13-8-6-5-7-9-14-21-29-22-16-11-10-12-17-22;1-2-3(4)5/h10-12,15-17,19-20,26-27H,3-9,13-14,18,21H2,1-2H3;2H,1H2,(H,4,5). The fourth-order valence-electron chi connectivity index (χ4n) is 3.47. The molecule has 1 atom stereocenters. The summed E-state index contributed by atoms with van der Waals surface area (Å²) in [4.78, 5) is 9.25. The second-order valence-corrected chi connectivity index (χ2v) is 8.09. The Morgan fingerprint density at radius 2 is 1.57 bits per heavy atom. The Morgan fingerprint density at radius 1 is 0.943 bits per heavy atom. The van der Waals surface area contributed by atoms with Crippen LogP contribution in [0.1, 0.15) is 70.8 Å². The summed E-state index contributed by atoms with van der Waals surface area (Å²) in [6.45, 7) is 8.37. The van der Waals surface area contributed by atoms with Crippen LogP contribution in [0, 0.1) is 0 Å². The fraction of sp³-hybridized carbons (Fsp3) is 0.483. The van der Waals surface area contributed by atoms with Gasteiger partial charge in [0.1, 0.15) is 17.2 Å². The predicted molar refractivity (Wildman–Crippen MR) is 140 cm³/mol. The molecule has 0 fully saturated rings. The highest BCUT2D eigenvalue weighted by molar-refractivity contribution is 5.78. The van der Waals surface area contributed by atoms with Crippen molar-refractivity contribution in [1.82, 2.24) is 0 Å². The Kier molecular flexibility index (Phi) is 16.6. The molecule has 0 heterocycles. The van der Waals surface area contributed by atoms with E-state index in [0.717, 1.165) is 61.8 Å². The van der Waals surface area contributed by atoms with Crippen LogP contribution in [0.4, 0.5) is 0 Å². The van der Waals surface area contributed by atoms with Crippen LogP contribution in [0.3, 0.4) is 0 Å². The van der Waals surface area contributed by atoms with Crippen LogP contribution in [0.2, 0.25) is 0 Å². The first-order valence-corrected chi connectivity index (χ1v) is 12.6. The van der Waals surface area contributed by atoms with Crippen molar-refractivity contribution in [3.63, 3.8) is 0 Å². The number of hydrogen-bond donors (Lipinski definition) is 2. The van der Waals surface area contributed by atoms with Gasteiger partial charge in [0.25, 0.3) is 0 Å². The lowest BCUT2D eigenvalue weighted by Crippen LogP contribution is -2.20. The Morgan fingerprint density at radius 3 is 2.17 bits per heavy atom. The molecule has 2 rings (SSSR count). The van der Waals surface area contributed by atoms with E-state index in [2.05, 4.69) is 6.58 Å². The summed E-state index contributed by atoms with van der Waals surface area (Å²) in [5.74, 6) is 1.03. The van der Waals surface area contributed by atoms with E-state index in [1.54, 1.807) is 6.07 Å². The van der Waals surface area contributed by atoms with Gasteiger partial charge in [0, 0.05) is 24.7 Å². The Labute approximate surface area is 210 Å². The first-order valence-electron chi connectivity index (χ1n) is 12.6. The molecule has 0 radical (unpaired) electrons. The summed E-state index contributed by atoms with van der Waals surface area (Å²) < 4.78 is 17.3. The van der Waals surface area contributed by atoms with E-state index >= 15 is 0 Å². The quantitative estimate of drug-likeness (QED) is 0.140. The van der Waals surface area contributed by atoms with Crippen molar-refractivity contribution in [3.05, 3.63) is 66.7 Å². The van der Waals surface area contributed by atoms with Crippen molar-refractivity contribution in [3.8, 4) is 17.2 Å². The largest absolute Gasteiger partial charge is 0.508 e. The second-order valence-electron chi connectivity index (χ2n) is 8.09. The number of phenolic OH excluding ortho intramolecular Hbond substituents is 1. The minimum absolute atomic E-state index is 0.263. The Bertz CT molecular complexity index is 821. The Hall–Kier alpha value is -2.99. The molecule has 0 aliphatic rings. The molecular weight excluding hydrogens is 444 g/mol. The number of rotatable bonds is 17. The predicted octanol–water partition coefficient (Wildman–Crippen LogP) is 7.15. The van der Waals surface area contributed by atoms with Crippen LogP contribution < -0.4 is 9.47 Å². The third-order valence-electron chi connectivity index (χ3n) is 5.31. The summed E-state index contributed by atoms with van der Waals surface area (Å²) in [5.41, 5.74) is 0.897. The lowest BCUT2D eigenvalue weighted by Gasteiger charge is -2.20. The molecule has 2 aromatic carbocycles. The van der Waals surface area contributed by atoms with E-state index in [-0.39, 0.29) is 6.29 Å². The zero-order chi connectivity index (χ0) is 25.7. The maximum atomic E-state index is 10.3. The lowest BCUT2D eigenvalue weighted by atomic mass is 10.0. The molecule has 6 nitrogen and oxygen atoms in total. The van der Waals surface area contributed by atoms with Gasteiger partial charge in [-0.25, -0.2) is 4.79 Å². The van der Waals surface area contributed by atoms with E-state index in [1.165, 1.54) is 25.7 Å². The van der Waals surface area contributed by atoms with Crippen molar-refractivity contribution in [2.24, 2.45) is 0 Å². The van der Waals surface area contributed by atoms with Gasteiger partial charge in [-0.2, -0.15) is 0 Å². The zero-order valence-electron chi connectivity index (χ0n) is 21.3. The molecule has 0 aromatic heterocycles. The Balaban J connectivity index is 0.00000111. The summed E-state index contributed by atoms with van der Waals surface area (Å²) in [5, 5.41) is 17.9. The molecule has 0 spiro atoms. The van der Waals surface area contributed by atoms with E-state index in [9.17, 15) is 9.90 Å². The van der Waals surface area contributed by atoms with E-state index in [4.69, 9.17) is 19.3 Å². The molecule has 2 aromatic rings. The van der Waals surface area contributed by atoms with Crippen molar-refractivity contribution in [2.75, 3.05) is 13.2 Å². The number of carboxylic acid groups (broad SMARTS) is 1. The van der Waals surface area contributed by atoms with Crippen LogP contribution in [0.15, 0.2) is 61.2 Å². The zero-order valence-corrected chi connectivity index (χ0v) is 21.3. The van der Waals surface area contributed by atoms with Crippen LogP contribution in [0.25, 0.3) is 0 Å². The fourth-order valence-corrected chi connectivity index (χ4v) is 3.47. The molecular formula is C29H42O6. The van der Waals surface area contributed by atoms with Gasteiger partial charge < -0.3 is 24.4 Å². The summed E-state index contributed by atoms with van der Waals surface area (Å²) in [6.07, 6.45) is 10.4. The highest BCUT2D eigenvalue weighted by atomic mass is 16.7. The minimum atomic E-state index is -0.981. The van der Waals surface area contributed by atoms with Crippen molar-refractivity contribution >= 4 is 5.97 Å². The van der Waals surface area contributed by atoms with Gasteiger partial charge in [-0.3, -0.25) is 0 Å². The van der Waals surface area contributed by atoms with Crippen molar-refractivity contribution in [2.45, 2.75) is 77.9 Å². The highest BCUT2D eigenvalue weighted by Crippen LogP contribution is 2.30. The number of ether oxygens (including phenoxy) is 3. The highest BCUT2D eigenvalue weighted by Gasteiger charge is 2.13. The number of aromatic hydroxyl groups is 1. The second kappa shape index (κ2) is 19.3. The topological polar surface area (TPSA) is 85.2 Å². The number of phenols is 1. The smallest absolute Gasteiger partial charge is 0.327 e. The van der Waals surface area contributed by atoms with E-state index in [0.29, 0.717) is 12.4 Å². The lowest BCUT2D eigenvalue weighted by molar-refractivity contribution is -0.131. The van der Waals surface area contributed by atoms with Gasteiger partial charge in [-0.15, -0.1) is 0 Å². The number of carbonyl (C=O) groups is 1. The number of hydrogen-bond acceptors (Lipinski definition) is 5. The van der Waals surface area contributed by atoms with Crippen molar-refractivity contribution in [1.29, 1.82) is 0 Å². The average molecular weight is 487 g/mol. The van der Waals surface area contributed by atoms with E-state index in [1.807, 2.05) is 56.3 Å². The first-order chi connectivity index (χ1) is 17.0. The SMILES string of the molecule is C=CC(=O)O.CCOC(CC)Oc1cccc(O)c1CCCCCCCCCOc1ccccc1. The van der Waals surface area contributed by atoms with Crippen LogP contribution >= 0.6 is 0 Å². The third-order valence-corrected chi connectivity index (χ3v) is 5.31. The van der Waals surface area contributed by atoms with Crippen LogP contribution in [0.5, 0.6) is 17.2 Å². The molecule has 0 saturated carbocycles. The van der Waals surface area contributed by atoms with Gasteiger partial charge in [0.2, 0.25) is 0 Å². The first kappa shape index (κ1) is 30.0. The maximum absolute atomic E-state index is 10.3. The number of unbranched alkanes of at least 4 members (excludes halogenated alkanes) is 6. The molecule has 2 N–H and O–H groups in total. The average Bonchev–Trinajstić information content (AvgIpc) is 2.87. The van der Waals surface area contributed by atoms with E-state index < -0.39 is 5.97 Å². The van der Waals surface area contributed by atoms with Gasteiger partial charge >= 0.3 is 5.97 Å². The van der Waals surface area contributed by atoms with Gasteiger partial charge in [-0.05, 0) is 50.5 Å². The third kappa shape index (κ3) is 14.1. The molecule has 6 heteroatoms. The summed E-state index contributed by atoms with van der Waals surface area (Å²) >= 11 is 0. The number of aliphatic carboxylic acids is 1. The van der Waals surface area contributed by atoms with Gasteiger partial charge in [0.15, 0.2) is 6.29 Å². The van der Waals surface area contributed by atoms with Gasteiger partial charge in [-0.1, -0.05) is 69.9 Å². The summed E-state index contributed by atoms with van der Waals surface area (Å²) in [7, 11) is 0. The van der Waals surface area contributed by atoms with Gasteiger partial charge in [0.05, 0.1) is 6.61 Å². The minimum Gasteiger partial charge on any atom is -0.508 e. The monoisotopic (exact) mass is 486 g/mol. The molecule has 194 valence electrons. The molecule has 35 heavy (non-hydrogen) atoms. The molecule has 0 aliphatic carbocycles. The number of carboxylic acids is 1. The van der Waals surface area contributed by atoms with Crippen LogP contribution in [-0.2, 0) is 16.0 Å². The normalized spacial score (nSPS) is 11.1. The molecule has 0 bridgehead atoms. The van der Waals surface area contributed by atoms with Crippen molar-refractivity contribution < 1.29 is 29.2 Å². The molecule has 0 saturated heterocycles. The number of benzene rings is 2. The summed E-state index contributed by atoms with van der Waals surface area (Å²) in [6, 6.07) is 15.5. The maximum Gasteiger partial charge on any atom is 0.327 e. The van der Waals surface area contributed by atoms with Crippen LogP contribution in [-0.4, -0.2) is 35.7 Å². The molecule has 0 amide bonds. The molecule has 1 unspecified atom stereocenters.